The third-order valence-corrected chi connectivity index (χ3v) is 2.66. The Morgan fingerprint density at radius 2 is 2.25 bits per heavy atom. The molecule has 0 saturated carbocycles. The number of hydrogen-bond donors (Lipinski definition) is 1. The molecular formula is C11H17N5. The van der Waals surface area contributed by atoms with Gasteiger partial charge in [-0.2, -0.15) is 5.10 Å². The van der Waals surface area contributed by atoms with Gasteiger partial charge in [0.15, 0.2) is 5.65 Å². The van der Waals surface area contributed by atoms with E-state index in [1.165, 1.54) is 0 Å². The molecule has 0 aromatic carbocycles. The molecular weight excluding hydrogens is 202 g/mol. The number of aryl methyl sites for hydroxylation is 1. The molecule has 0 radical (unpaired) electrons. The van der Waals surface area contributed by atoms with Gasteiger partial charge in [0.05, 0.1) is 17.3 Å². The Kier molecular flexibility index (Phi) is 3.14. The van der Waals surface area contributed by atoms with Crippen molar-refractivity contribution in [1.82, 2.24) is 25.1 Å². The average Bonchev–Trinajstić information content (AvgIpc) is 2.62. The number of nitrogens with zero attached hydrogens (tertiary/aromatic N) is 4. The van der Waals surface area contributed by atoms with Crippen LogP contribution in [-0.2, 0) is 13.5 Å². The van der Waals surface area contributed by atoms with Crippen molar-refractivity contribution in [1.29, 1.82) is 0 Å². The summed E-state index contributed by atoms with van der Waals surface area (Å²) in [6.45, 7) is 5.24. The molecule has 1 unspecified atom stereocenters. The Labute approximate surface area is 94.9 Å². The quantitative estimate of drug-likeness (QED) is 0.830. The summed E-state index contributed by atoms with van der Waals surface area (Å²) in [5, 5.41) is 8.63. The van der Waals surface area contributed by atoms with Crippen molar-refractivity contribution in [2.24, 2.45) is 7.05 Å². The zero-order chi connectivity index (χ0) is 11.5. The zero-order valence-electron chi connectivity index (χ0n) is 9.94. The predicted octanol–water partition coefficient (Wildman–Crippen LogP) is 0.904. The summed E-state index contributed by atoms with van der Waals surface area (Å²) in [5.41, 5.74) is 1.96. The first kappa shape index (κ1) is 11.0. The van der Waals surface area contributed by atoms with E-state index >= 15 is 0 Å². The van der Waals surface area contributed by atoms with Crippen LogP contribution >= 0.6 is 0 Å². The molecule has 2 heterocycles. The van der Waals surface area contributed by atoms with Crippen molar-refractivity contribution in [3.63, 3.8) is 0 Å². The minimum atomic E-state index is 0.420. The highest BCUT2D eigenvalue weighted by Gasteiger charge is 2.10. The predicted molar refractivity (Wildman–Crippen MR) is 63.1 cm³/mol. The standard InChI is InChI=1S/C11H17N5/c1-4-12-8(2)5-10-9-6-15-16(3)11(9)14-7-13-10/h6-8,12H,4-5H2,1-3H3. The second-order valence-electron chi connectivity index (χ2n) is 3.99. The van der Waals surface area contributed by atoms with Gasteiger partial charge >= 0.3 is 0 Å². The van der Waals surface area contributed by atoms with E-state index in [1.54, 1.807) is 11.0 Å². The summed E-state index contributed by atoms with van der Waals surface area (Å²) >= 11 is 0. The maximum absolute atomic E-state index is 4.34. The van der Waals surface area contributed by atoms with Gasteiger partial charge in [-0.3, -0.25) is 4.68 Å². The number of nitrogens with one attached hydrogen (secondary N) is 1. The van der Waals surface area contributed by atoms with Crippen molar-refractivity contribution >= 4 is 11.0 Å². The van der Waals surface area contributed by atoms with Crippen LogP contribution in [0.5, 0.6) is 0 Å². The van der Waals surface area contributed by atoms with Crippen molar-refractivity contribution in [2.45, 2.75) is 26.3 Å². The molecule has 0 aliphatic heterocycles. The number of hydrogen-bond acceptors (Lipinski definition) is 4. The first-order chi connectivity index (χ1) is 7.72. The maximum Gasteiger partial charge on any atom is 0.161 e. The van der Waals surface area contributed by atoms with Crippen LogP contribution in [0.4, 0.5) is 0 Å². The fourth-order valence-electron chi connectivity index (χ4n) is 1.88. The van der Waals surface area contributed by atoms with Crippen molar-refractivity contribution in [3.05, 3.63) is 18.2 Å². The monoisotopic (exact) mass is 219 g/mol. The third kappa shape index (κ3) is 2.04. The molecule has 0 fully saturated rings. The van der Waals surface area contributed by atoms with Gasteiger partial charge in [-0.25, -0.2) is 9.97 Å². The smallest absolute Gasteiger partial charge is 0.161 e. The van der Waals surface area contributed by atoms with Gasteiger partial charge in [0.1, 0.15) is 6.33 Å². The topological polar surface area (TPSA) is 55.6 Å². The van der Waals surface area contributed by atoms with Gasteiger partial charge < -0.3 is 5.32 Å². The third-order valence-electron chi connectivity index (χ3n) is 2.66. The molecule has 0 amide bonds. The molecule has 0 aliphatic rings. The SMILES string of the molecule is CCNC(C)Cc1ncnc2c1cnn2C. The Balaban J connectivity index is 2.30. The molecule has 5 heteroatoms. The molecule has 0 aliphatic carbocycles. The molecule has 0 saturated heterocycles. The first-order valence-electron chi connectivity index (χ1n) is 5.57. The van der Waals surface area contributed by atoms with E-state index in [1.807, 2.05) is 13.2 Å². The van der Waals surface area contributed by atoms with Crippen LogP contribution in [0.15, 0.2) is 12.5 Å². The second kappa shape index (κ2) is 4.57. The Hall–Kier alpha value is -1.49. The van der Waals surface area contributed by atoms with E-state index in [0.717, 1.165) is 29.7 Å². The van der Waals surface area contributed by atoms with Crippen molar-refractivity contribution < 1.29 is 0 Å². The van der Waals surface area contributed by atoms with Gasteiger partial charge in [0.25, 0.3) is 0 Å². The van der Waals surface area contributed by atoms with Crippen molar-refractivity contribution in [2.75, 3.05) is 6.54 Å². The minimum Gasteiger partial charge on any atom is -0.314 e. The second-order valence-corrected chi connectivity index (χ2v) is 3.99. The number of aromatic nitrogens is 4. The van der Waals surface area contributed by atoms with E-state index in [9.17, 15) is 0 Å². The summed E-state index contributed by atoms with van der Waals surface area (Å²) in [7, 11) is 1.90. The number of rotatable bonds is 4. The fraction of sp³-hybridized carbons (Fsp3) is 0.545. The van der Waals surface area contributed by atoms with E-state index in [4.69, 9.17) is 0 Å². The number of likely N-dealkylation sites (N-methyl/N-ethyl adjacent to an activating group) is 1. The van der Waals surface area contributed by atoms with Gasteiger partial charge in [0.2, 0.25) is 0 Å². The number of fused-ring (bicyclic) bond motifs is 1. The molecule has 16 heavy (non-hydrogen) atoms. The highest BCUT2D eigenvalue weighted by Crippen LogP contribution is 2.14. The highest BCUT2D eigenvalue weighted by molar-refractivity contribution is 5.76. The summed E-state index contributed by atoms with van der Waals surface area (Å²) in [6.07, 6.45) is 4.35. The molecule has 0 spiro atoms. The minimum absolute atomic E-state index is 0.420. The molecule has 86 valence electrons. The summed E-state index contributed by atoms with van der Waals surface area (Å²) in [4.78, 5) is 8.56. The van der Waals surface area contributed by atoms with Crippen LogP contribution in [0.2, 0.25) is 0 Å². The highest BCUT2D eigenvalue weighted by atomic mass is 15.3. The lowest BCUT2D eigenvalue weighted by Gasteiger charge is -2.11. The fourth-order valence-corrected chi connectivity index (χ4v) is 1.88. The molecule has 2 rings (SSSR count). The van der Waals surface area contributed by atoms with E-state index in [0.29, 0.717) is 6.04 Å². The van der Waals surface area contributed by atoms with Crippen LogP contribution < -0.4 is 5.32 Å². The first-order valence-corrected chi connectivity index (χ1v) is 5.57. The molecule has 1 N–H and O–H groups in total. The van der Waals surface area contributed by atoms with Gasteiger partial charge in [0, 0.05) is 19.5 Å². The lowest BCUT2D eigenvalue weighted by molar-refractivity contribution is 0.561. The Morgan fingerprint density at radius 3 is 3.00 bits per heavy atom. The van der Waals surface area contributed by atoms with Crippen LogP contribution in [-0.4, -0.2) is 32.3 Å². The maximum atomic E-state index is 4.34. The molecule has 2 aromatic heterocycles. The summed E-state index contributed by atoms with van der Waals surface area (Å²) in [6, 6.07) is 0.420. The normalized spacial score (nSPS) is 13.2. The van der Waals surface area contributed by atoms with Gasteiger partial charge in [-0.15, -0.1) is 0 Å². The largest absolute Gasteiger partial charge is 0.314 e. The van der Waals surface area contributed by atoms with E-state index in [-0.39, 0.29) is 0 Å². The Morgan fingerprint density at radius 1 is 1.44 bits per heavy atom. The summed E-state index contributed by atoms with van der Waals surface area (Å²) in [5.74, 6) is 0. The van der Waals surface area contributed by atoms with Crippen LogP contribution in [0.3, 0.4) is 0 Å². The van der Waals surface area contributed by atoms with Crippen LogP contribution in [0.25, 0.3) is 11.0 Å². The van der Waals surface area contributed by atoms with Gasteiger partial charge in [-0.1, -0.05) is 6.92 Å². The van der Waals surface area contributed by atoms with E-state index in [2.05, 4.69) is 34.2 Å². The average molecular weight is 219 g/mol. The van der Waals surface area contributed by atoms with Crippen LogP contribution in [0, 0.1) is 0 Å². The van der Waals surface area contributed by atoms with E-state index < -0.39 is 0 Å². The lowest BCUT2D eigenvalue weighted by Crippen LogP contribution is -2.28. The molecule has 2 aromatic rings. The van der Waals surface area contributed by atoms with Crippen LogP contribution in [0.1, 0.15) is 19.5 Å². The summed E-state index contributed by atoms with van der Waals surface area (Å²) < 4.78 is 1.78. The van der Waals surface area contributed by atoms with Crippen molar-refractivity contribution in [3.8, 4) is 0 Å². The van der Waals surface area contributed by atoms with Gasteiger partial charge in [-0.05, 0) is 13.5 Å². The Bertz CT molecular complexity index is 476. The molecule has 1 atom stereocenters. The lowest BCUT2D eigenvalue weighted by atomic mass is 10.1. The zero-order valence-corrected chi connectivity index (χ0v) is 9.94. The molecule has 0 bridgehead atoms. The molecule has 5 nitrogen and oxygen atoms in total.